The molecule has 0 N–H and O–H groups in total. The maximum absolute atomic E-state index is 13.3. The Hall–Kier alpha value is -3.02. The molecule has 1 saturated heterocycles. The summed E-state index contributed by atoms with van der Waals surface area (Å²) in [7, 11) is 0. The predicted molar refractivity (Wildman–Crippen MR) is 108 cm³/mol. The van der Waals surface area contributed by atoms with Crippen LogP contribution in [-0.2, 0) is 6.42 Å². The molecule has 1 aliphatic rings. The summed E-state index contributed by atoms with van der Waals surface area (Å²) < 4.78 is 1.75. The van der Waals surface area contributed by atoms with Crippen molar-refractivity contribution in [2.75, 3.05) is 6.54 Å². The van der Waals surface area contributed by atoms with Gasteiger partial charge in [-0.05, 0) is 62.4 Å². The summed E-state index contributed by atoms with van der Waals surface area (Å²) in [6.45, 7) is 5.00. The molecule has 144 valence electrons. The van der Waals surface area contributed by atoms with E-state index in [-0.39, 0.29) is 11.9 Å². The number of nitrogens with zero attached hydrogens (tertiary/aromatic N) is 5. The van der Waals surface area contributed by atoms with Gasteiger partial charge in [-0.1, -0.05) is 24.3 Å². The number of carbonyl (C=O) groups is 1. The number of benzene rings is 1. The van der Waals surface area contributed by atoms with E-state index in [9.17, 15) is 4.79 Å². The molecule has 1 fully saturated rings. The Morgan fingerprint density at radius 2 is 2.00 bits per heavy atom. The number of rotatable bonds is 4. The van der Waals surface area contributed by atoms with E-state index in [0.717, 1.165) is 43.5 Å². The molecule has 0 spiro atoms. The van der Waals surface area contributed by atoms with Gasteiger partial charge >= 0.3 is 0 Å². The monoisotopic (exact) mass is 375 g/mol. The SMILES string of the molecule is CCc1ccc(-n2nnc(C(=O)N3CCCCC3C)c2-c2cccnc2)cc1. The van der Waals surface area contributed by atoms with Crippen LogP contribution in [0.25, 0.3) is 16.9 Å². The lowest BCUT2D eigenvalue weighted by Crippen LogP contribution is -2.42. The number of pyridine rings is 1. The molecule has 6 heteroatoms. The molecular weight excluding hydrogens is 350 g/mol. The van der Waals surface area contributed by atoms with E-state index in [0.29, 0.717) is 11.4 Å². The molecule has 0 saturated carbocycles. The van der Waals surface area contributed by atoms with Crippen LogP contribution in [0.5, 0.6) is 0 Å². The van der Waals surface area contributed by atoms with Gasteiger partial charge < -0.3 is 4.90 Å². The fraction of sp³-hybridized carbons (Fsp3) is 0.364. The van der Waals surface area contributed by atoms with Crippen LogP contribution in [0, 0.1) is 0 Å². The first kappa shape index (κ1) is 18.3. The number of hydrogen-bond donors (Lipinski definition) is 0. The zero-order chi connectivity index (χ0) is 19.5. The van der Waals surface area contributed by atoms with Gasteiger partial charge in [0.2, 0.25) is 0 Å². The smallest absolute Gasteiger partial charge is 0.276 e. The maximum Gasteiger partial charge on any atom is 0.276 e. The van der Waals surface area contributed by atoms with Crippen LogP contribution < -0.4 is 0 Å². The highest BCUT2D eigenvalue weighted by molar-refractivity contribution is 5.98. The number of likely N-dealkylation sites (tertiary alicyclic amines) is 1. The molecule has 6 nitrogen and oxygen atoms in total. The van der Waals surface area contributed by atoms with Crippen molar-refractivity contribution >= 4 is 5.91 Å². The van der Waals surface area contributed by atoms with Gasteiger partial charge in [-0.25, -0.2) is 4.68 Å². The molecule has 1 unspecified atom stereocenters. The molecule has 0 aliphatic carbocycles. The number of piperidine rings is 1. The van der Waals surface area contributed by atoms with Gasteiger partial charge in [0.15, 0.2) is 5.69 Å². The molecule has 2 aromatic heterocycles. The Morgan fingerprint density at radius 3 is 2.68 bits per heavy atom. The summed E-state index contributed by atoms with van der Waals surface area (Å²) in [5, 5.41) is 8.67. The minimum atomic E-state index is -0.0533. The summed E-state index contributed by atoms with van der Waals surface area (Å²) in [4.78, 5) is 19.5. The summed E-state index contributed by atoms with van der Waals surface area (Å²) in [6, 6.07) is 12.2. The van der Waals surface area contributed by atoms with Crippen molar-refractivity contribution in [2.45, 2.75) is 45.6 Å². The zero-order valence-electron chi connectivity index (χ0n) is 16.4. The first-order chi connectivity index (χ1) is 13.7. The second-order valence-electron chi connectivity index (χ2n) is 7.30. The predicted octanol–water partition coefficient (Wildman–Crippen LogP) is 3.91. The Labute approximate surface area is 165 Å². The number of carbonyl (C=O) groups excluding carboxylic acids is 1. The average Bonchev–Trinajstić information content (AvgIpc) is 3.19. The van der Waals surface area contributed by atoms with Gasteiger partial charge in [0.25, 0.3) is 5.91 Å². The van der Waals surface area contributed by atoms with Gasteiger partial charge in [0.1, 0.15) is 5.69 Å². The summed E-state index contributed by atoms with van der Waals surface area (Å²) >= 11 is 0. The van der Waals surface area contributed by atoms with Gasteiger partial charge in [0, 0.05) is 30.5 Å². The van der Waals surface area contributed by atoms with Gasteiger partial charge in [-0.3, -0.25) is 9.78 Å². The summed E-state index contributed by atoms with van der Waals surface area (Å²) in [6.07, 6.45) is 7.68. The normalized spacial score (nSPS) is 16.9. The summed E-state index contributed by atoms with van der Waals surface area (Å²) in [5.41, 5.74) is 4.06. The van der Waals surface area contributed by atoms with E-state index in [2.05, 4.69) is 41.3 Å². The lowest BCUT2D eigenvalue weighted by atomic mass is 10.0. The third-order valence-electron chi connectivity index (χ3n) is 5.46. The van der Waals surface area contributed by atoms with Crippen molar-refractivity contribution in [2.24, 2.45) is 0 Å². The van der Waals surface area contributed by atoms with E-state index >= 15 is 0 Å². The van der Waals surface area contributed by atoms with Crippen molar-refractivity contribution in [3.05, 3.63) is 60.0 Å². The van der Waals surface area contributed by atoms with Crippen molar-refractivity contribution in [3.8, 4) is 16.9 Å². The van der Waals surface area contributed by atoms with E-state index in [1.807, 2.05) is 29.2 Å². The standard InChI is InChI=1S/C22H25N5O/c1-3-17-9-11-19(12-10-17)27-21(18-8-6-13-23-15-18)20(24-25-27)22(28)26-14-5-4-7-16(26)2/h6,8-13,15-16H,3-5,7,14H2,1-2H3. The number of aromatic nitrogens is 4. The largest absolute Gasteiger partial charge is 0.334 e. The third-order valence-corrected chi connectivity index (χ3v) is 5.46. The minimum Gasteiger partial charge on any atom is -0.334 e. The molecule has 4 rings (SSSR count). The van der Waals surface area contributed by atoms with Crippen LogP contribution in [0.2, 0.25) is 0 Å². The molecule has 1 aromatic carbocycles. The Balaban J connectivity index is 1.80. The average molecular weight is 375 g/mol. The van der Waals surface area contributed by atoms with E-state index < -0.39 is 0 Å². The Bertz CT molecular complexity index is 949. The fourth-order valence-corrected chi connectivity index (χ4v) is 3.78. The summed E-state index contributed by atoms with van der Waals surface area (Å²) in [5.74, 6) is -0.0533. The Kier molecular flexibility index (Phi) is 5.19. The molecular formula is C22H25N5O. The lowest BCUT2D eigenvalue weighted by molar-refractivity contribution is 0.0630. The van der Waals surface area contributed by atoms with E-state index in [4.69, 9.17) is 0 Å². The first-order valence-electron chi connectivity index (χ1n) is 9.95. The second-order valence-corrected chi connectivity index (χ2v) is 7.30. The molecule has 28 heavy (non-hydrogen) atoms. The third kappa shape index (κ3) is 3.42. The Morgan fingerprint density at radius 1 is 1.18 bits per heavy atom. The molecule has 1 atom stereocenters. The maximum atomic E-state index is 13.3. The molecule has 0 bridgehead atoms. The topological polar surface area (TPSA) is 63.9 Å². The molecule has 0 radical (unpaired) electrons. The van der Waals surface area contributed by atoms with Crippen LogP contribution in [0.4, 0.5) is 0 Å². The minimum absolute atomic E-state index is 0.0533. The van der Waals surface area contributed by atoms with Crippen molar-refractivity contribution in [3.63, 3.8) is 0 Å². The highest BCUT2D eigenvalue weighted by atomic mass is 16.2. The highest BCUT2D eigenvalue weighted by Crippen LogP contribution is 2.28. The van der Waals surface area contributed by atoms with Crippen molar-refractivity contribution in [1.82, 2.24) is 24.9 Å². The quantitative estimate of drug-likeness (QED) is 0.694. The molecule has 3 aromatic rings. The van der Waals surface area contributed by atoms with Crippen LogP contribution in [0.1, 0.15) is 49.2 Å². The van der Waals surface area contributed by atoms with Crippen LogP contribution in [0.3, 0.4) is 0 Å². The first-order valence-corrected chi connectivity index (χ1v) is 9.95. The van der Waals surface area contributed by atoms with Crippen LogP contribution in [-0.4, -0.2) is 43.4 Å². The van der Waals surface area contributed by atoms with Gasteiger partial charge in [-0.15, -0.1) is 5.10 Å². The van der Waals surface area contributed by atoms with Gasteiger partial charge in [0.05, 0.1) is 5.69 Å². The van der Waals surface area contributed by atoms with Crippen molar-refractivity contribution < 1.29 is 4.79 Å². The van der Waals surface area contributed by atoms with Crippen molar-refractivity contribution in [1.29, 1.82) is 0 Å². The van der Waals surface area contributed by atoms with Crippen LogP contribution >= 0.6 is 0 Å². The zero-order valence-corrected chi connectivity index (χ0v) is 16.4. The lowest BCUT2D eigenvalue weighted by Gasteiger charge is -2.33. The number of hydrogen-bond acceptors (Lipinski definition) is 4. The highest BCUT2D eigenvalue weighted by Gasteiger charge is 2.30. The van der Waals surface area contributed by atoms with E-state index in [1.165, 1.54) is 5.56 Å². The van der Waals surface area contributed by atoms with Gasteiger partial charge in [-0.2, -0.15) is 0 Å². The number of aryl methyl sites for hydroxylation is 1. The number of amides is 1. The molecule has 1 aliphatic heterocycles. The van der Waals surface area contributed by atoms with E-state index in [1.54, 1.807) is 17.1 Å². The van der Waals surface area contributed by atoms with Crippen LogP contribution in [0.15, 0.2) is 48.8 Å². The second kappa shape index (κ2) is 7.92. The molecule has 1 amide bonds. The fourth-order valence-electron chi connectivity index (χ4n) is 3.78. The molecule has 3 heterocycles.